The van der Waals surface area contributed by atoms with E-state index in [0.717, 1.165) is 39.3 Å². The number of nitrogens with one attached hydrogen (secondary N) is 1. The fourth-order valence-electron chi connectivity index (χ4n) is 4.46. The number of morpholine rings is 1. The van der Waals surface area contributed by atoms with Crippen LogP contribution in [-0.2, 0) is 19.9 Å². The third-order valence-electron chi connectivity index (χ3n) is 6.19. The molecule has 2 aliphatic rings. The van der Waals surface area contributed by atoms with Gasteiger partial charge in [-0.25, -0.2) is 0 Å². The van der Waals surface area contributed by atoms with Crippen molar-refractivity contribution in [2.45, 2.75) is 22.1 Å². The summed E-state index contributed by atoms with van der Waals surface area (Å²) in [5.41, 5.74) is 1.94. The van der Waals surface area contributed by atoms with Gasteiger partial charge in [-0.15, -0.1) is 11.8 Å². The second-order valence-electron chi connectivity index (χ2n) is 8.24. The molecule has 2 unspecified atom stereocenters. The molecule has 0 saturated carbocycles. The van der Waals surface area contributed by atoms with Crippen LogP contribution in [0.25, 0.3) is 0 Å². The number of hydrogen-bond donors (Lipinski definition) is 1. The van der Waals surface area contributed by atoms with Crippen LogP contribution in [0.2, 0.25) is 5.02 Å². The normalized spacial score (nSPS) is 23.1. The van der Waals surface area contributed by atoms with E-state index in [2.05, 4.69) is 32.2 Å². The number of amides is 1. The summed E-state index contributed by atoms with van der Waals surface area (Å²) < 4.78 is 6.40. The Morgan fingerprint density at radius 3 is 2.59 bits per heavy atom. The molecule has 1 amide bonds. The molecule has 3 heterocycles. The van der Waals surface area contributed by atoms with Gasteiger partial charge in [0.15, 0.2) is 5.78 Å². The Morgan fingerprint density at radius 2 is 1.91 bits per heavy atom. The molecule has 9 heteroatoms. The van der Waals surface area contributed by atoms with Gasteiger partial charge in [0.1, 0.15) is 5.25 Å². The summed E-state index contributed by atoms with van der Waals surface area (Å²) in [6.07, 6.45) is 0.168. The number of Topliss-reactive ketones (excluding diaryl/α,β-unsaturated/α-hetero) is 1. The number of carbonyl (C=O) groups excluding carboxylic acids is 2. The van der Waals surface area contributed by atoms with Crippen LogP contribution < -0.4 is 10.2 Å². The summed E-state index contributed by atoms with van der Waals surface area (Å²) in [7, 11) is 0. The number of nitrogens with zero attached hydrogens (tertiary/aromatic N) is 1. The molecule has 0 bridgehead atoms. The van der Waals surface area contributed by atoms with Crippen LogP contribution in [0, 0.1) is 0 Å². The zero-order chi connectivity index (χ0) is 23.7. The van der Waals surface area contributed by atoms with Crippen molar-refractivity contribution in [3.8, 4) is 0 Å². The number of rotatable bonds is 5. The molecule has 0 aliphatic carbocycles. The number of hydrogen-bond acceptors (Lipinski definition) is 6. The highest BCUT2D eigenvalue weighted by Gasteiger charge is 2.47. The average Bonchev–Trinajstić information content (AvgIpc) is 3.38. The summed E-state index contributed by atoms with van der Waals surface area (Å²) in [4.78, 5) is 29.8. The van der Waals surface area contributed by atoms with Gasteiger partial charge < -0.3 is 15.0 Å². The molecule has 2 aliphatic heterocycles. The molecule has 3 aromatic rings. The van der Waals surface area contributed by atoms with Crippen LogP contribution in [0.1, 0.15) is 17.5 Å². The van der Waals surface area contributed by atoms with Crippen molar-refractivity contribution in [2.75, 3.05) is 31.2 Å². The number of ether oxygens (including phenoxy) is 1. The molecule has 0 radical (unpaired) electrons. The SMILES string of the molecule is O=C1CC(c2ccsc2)(c2ccc(N3CCOCC3)c(Br)c2)NC(=O)C1Sc1ccccc1Cl. The fraction of sp³-hybridized carbons (Fsp3) is 0.280. The Morgan fingerprint density at radius 1 is 1.12 bits per heavy atom. The van der Waals surface area contributed by atoms with Crippen LogP contribution in [0.15, 0.2) is 68.7 Å². The number of thioether (sulfide) groups is 1. The Labute approximate surface area is 219 Å². The first-order valence-corrected chi connectivity index (χ1v) is 13.9. The molecule has 1 N–H and O–H groups in total. The highest BCUT2D eigenvalue weighted by molar-refractivity contribution is 9.10. The van der Waals surface area contributed by atoms with Gasteiger partial charge in [0.05, 0.1) is 29.5 Å². The smallest absolute Gasteiger partial charge is 0.242 e. The molecule has 2 aromatic carbocycles. The van der Waals surface area contributed by atoms with E-state index in [9.17, 15) is 9.59 Å². The standard InChI is InChI=1S/C25H22BrClN2O3S2/c26-18-13-16(5-6-20(18)29-8-10-32-11-9-29)25(17-7-12-33-15-17)14-21(30)23(24(31)28-25)34-22-4-2-1-3-19(22)27/h1-7,12-13,15,23H,8-11,14H2,(H,28,31). The number of thiophene rings is 1. The molecular weight excluding hydrogens is 556 g/mol. The van der Waals surface area contributed by atoms with E-state index in [1.807, 2.05) is 47.2 Å². The van der Waals surface area contributed by atoms with Gasteiger partial charge >= 0.3 is 0 Å². The van der Waals surface area contributed by atoms with Crippen molar-refractivity contribution in [2.24, 2.45) is 0 Å². The second kappa shape index (κ2) is 10.0. The summed E-state index contributed by atoms with van der Waals surface area (Å²) in [5.74, 6) is -0.422. The number of anilines is 1. The van der Waals surface area contributed by atoms with Gasteiger partial charge in [0.25, 0.3) is 0 Å². The second-order valence-corrected chi connectivity index (χ2v) is 11.4. The molecule has 1 aromatic heterocycles. The first-order chi connectivity index (χ1) is 16.5. The topological polar surface area (TPSA) is 58.6 Å². The Bertz CT molecular complexity index is 1200. The number of benzene rings is 2. The van der Waals surface area contributed by atoms with Crippen LogP contribution >= 0.6 is 50.6 Å². The monoisotopic (exact) mass is 576 g/mol. The van der Waals surface area contributed by atoms with Gasteiger partial charge in [-0.1, -0.05) is 29.8 Å². The van der Waals surface area contributed by atoms with Crippen LogP contribution in [-0.4, -0.2) is 43.2 Å². The third kappa shape index (κ3) is 4.54. The molecule has 5 nitrogen and oxygen atoms in total. The summed E-state index contributed by atoms with van der Waals surface area (Å²) in [5, 5.41) is 6.88. The minimum Gasteiger partial charge on any atom is -0.378 e. The van der Waals surface area contributed by atoms with E-state index in [1.165, 1.54) is 11.8 Å². The van der Waals surface area contributed by atoms with E-state index in [-0.39, 0.29) is 18.1 Å². The quantitative estimate of drug-likeness (QED) is 0.406. The Balaban J connectivity index is 1.48. The lowest BCUT2D eigenvalue weighted by Gasteiger charge is -2.40. The first kappa shape index (κ1) is 23.9. The zero-order valence-electron chi connectivity index (χ0n) is 18.1. The maximum atomic E-state index is 13.4. The minimum absolute atomic E-state index is 0.117. The molecule has 0 spiro atoms. The molecule has 2 saturated heterocycles. The van der Waals surface area contributed by atoms with Crippen LogP contribution in [0.3, 0.4) is 0 Å². The Hall–Kier alpha value is -1.84. The minimum atomic E-state index is -0.919. The molecule has 5 rings (SSSR count). The van der Waals surface area contributed by atoms with Crippen molar-refractivity contribution in [1.82, 2.24) is 5.32 Å². The van der Waals surface area contributed by atoms with Crippen molar-refractivity contribution in [3.05, 3.63) is 79.9 Å². The van der Waals surface area contributed by atoms with Crippen molar-refractivity contribution < 1.29 is 14.3 Å². The van der Waals surface area contributed by atoms with Crippen LogP contribution in [0.4, 0.5) is 5.69 Å². The lowest BCUT2D eigenvalue weighted by Crippen LogP contribution is -2.58. The molecular formula is C25H22BrClN2O3S2. The summed E-state index contributed by atoms with van der Waals surface area (Å²) in [6.45, 7) is 3.04. The average molecular weight is 578 g/mol. The summed E-state index contributed by atoms with van der Waals surface area (Å²) >= 11 is 12.8. The van der Waals surface area contributed by atoms with Crippen LogP contribution in [0.5, 0.6) is 0 Å². The van der Waals surface area contributed by atoms with Gasteiger partial charge in [-0.2, -0.15) is 11.3 Å². The summed E-state index contributed by atoms with van der Waals surface area (Å²) in [6, 6.07) is 15.3. The highest BCUT2D eigenvalue weighted by Crippen LogP contribution is 2.43. The van der Waals surface area contributed by atoms with Gasteiger partial charge in [0.2, 0.25) is 5.91 Å². The molecule has 2 fully saturated rings. The maximum absolute atomic E-state index is 13.4. The lowest BCUT2D eigenvalue weighted by atomic mass is 9.77. The van der Waals surface area contributed by atoms with Crippen molar-refractivity contribution >= 4 is 68.0 Å². The van der Waals surface area contributed by atoms with Gasteiger partial charge in [-0.05, 0) is 68.1 Å². The first-order valence-electron chi connectivity index (χ1n) is 10.9. The van der Waals surface area contributed by atoms with Gasteiger partial charge in [0, 0.05) is 28.9 Å². The molecule has 34 heavy (non-hydrogen) atoms. The highest BCUT2D eigenvalue weighted by atomic mass is 79.9. The Kier molecular flexibility index (Phi) is 7.04. The van der Waals surface area contributed by atoms with E-state index in [4.69, 9.17) is 16.3 Å². The van der Waals surface area contributed by atoms with E-state index >= 15 is 0 Å². The zero-order valence-corrected chi connectivity index (χ0v) is 22.1. The van der Waals surface area contributed by atoms with Crippen molar-refractivity contribution in [3.63, 3.8) is 0 Å². The lowest BCUT2D eigenvalue weighted by molar-refractivity contribution is -0.132. The number of halogens is 2. The van der Waals surface area contributed by atoms with Gasteiger partial charge in [-0.3, -0.25) is 9.59 Å². The number of carbonyl (C=O) groups is 2. The predicted molar refractivity (Wildman–Crippen MR) is 141 cm³/mol. The fourth-order valence-corrected chi connectivity index (χ4v) is 7.06. The third-order valence-corrected chi connectivity index (χ3v) is 9.28. The number of ketones is 1. The van der Waals surface area contributed by atoms with E-state index < -0.39 is 10.8 Å². The molecule has 176 valence electrons. The largest absolute Gasteiger partial charge is 0.378 e. The maximum Gasteiger partial charge on any atom is 0.242 e. The van der Waals surface area contributed by atoms with E-state index in [1.54, 1.807) is 17.4 Å². The molecule has 2 atom stereocenters. The number of piperidine rings is 1. The predicted octanol–water partition coefficient (Wildman–Crippen LogP) is 5.49. The van der Waals surface area contributed by atoms with E-state index in [0.29, 0.717) is 18.2 Å². The van der Waals surface area contributed by atoms with Crippen molar-refractivity contribution in [1.29, 1.82) is 0 Å².